The second-order valence-corrected chi connectivity index (χ2v) is 7.43. The van der Waals surface area contributed by atoms with E-state index in [0.717, 1.165) is 6.42 Å². The van der Waals surface area contributed by atoms with Crippen LogP contribution in [-0.2, 0) is 6.42 Å². The molecule has 0 aliphatic rings. The molecular weight excluding hydrogens is 326 g/mol. The van der Waals surface area contributed by atoms with Gasteiger partial charge >= 0.3 is 0 Å². The van der Waals surface area contributed by atoms with Crippen LogP contribution >= 0.6 is 12.4 Å². The Morgan fingerprint density at radius 1 is 0.720 bits per heavy atom. The van der Waals surface area contributed by atoms with Gasteiger partial charge in [-0.3, -0.25) is 0 Å². The molecule has 0 heterocycles. The summed E-state index contributed by atoms with van der Waals surface area (Å²) in [4.78, 5) is 0. The molecule has 0 bridgehead atoms. The van der Waals surface area contributed by atoms with Gasteiger partial charge in [-0.05, 0) is 31.9 Å². The molecule has 1 aromatic carbocycles. The summed E-state index contributed by atoms with van der Waals surface area (Å²) < 4.78 is 0. The number of hydrogen-bond donors (Lipinski definition) is 1. The van der Waals surface area contributed by atoms with E-state index in [1.807, 2.05) is 0 Å². The lowest BCUT2D eigenvalue weighted by molar-refractivity contribution is 0.504. The van der Waals surface area contributed by atoms with Gasteiger partial charge in [0.15, 0.2) is 0 Å². The molecule has 1 N–H and O–H groups in total. The van der Waals surface area contributed by atoms with Crippen molar-refractivity contribution in [2.45, 2.75) is 103 Å². The average Bonchev–Trinajstić information content (AvgIpc) is 2.60. The summed E-state index contributed by atoms with van der Waals surface area (Å²) in [5.74, 6) is 0. The van der Waals surface area contributed by atoms with E-state index < -0.39 is 0 Å². The van der Waals surface area contributed by atoms with E-state index in [-0.39, 0.29) is 12.4 Å². The lowest BCUT2D eigenvalue weighted by atomic mass is 10.0. The van der Waals surface area contributed by atoms with E-state index in [1.165, 1.54) is 89.2 Å². The SMILES string of the molecule is CCCCCCCCCCCCCCNC(C)Cc1ccccc1.Cl. The molecule has 146 valence electrons. The quantitative estimate of drug-likeness (QED) is 0.301. The van der Waals surface area contributed by atoms with E-state index in [4.69, 9.17) is 0 Å². The molecule has 0 spiro atoms. The first-order valence-corrected chi connectivity index (χ1v) is 10.6. The van der Waals surface area contributed by atoms with Gasteiger partial charge in [0.25, 0.3) is 0 Å². The Morgan fingerprint density at radius 3 is 1.72 bits per heavy atom. The highest BCUT2D eigenvalue weighted by atomic mass is 35.5. The number of hydrogen-bond acceptors (Lipinski definition) is 1. The maximum absolute atomic E-state index is 3.67. The molecule has 0 saturated carbocycles. The summed E-state index contributed by atoms with van der Waals surface area (Å²) in [6.07, 6.45) is 18.2. The number of unbranched alkanes of at least 4 members (excludes halogenated alkanes) is 11. The van der Waals surface area contributed by atoms with E-state index in [9.17, 15) is 0 Å². The smallest absolute Gasteiger partial charge is 0.00791 e. The standard InChI is InChI=1S/C23H41N.ClH/c1-3-4-5-6-7-8-9-10-11-12-13-17-20-24-22(2)21-23-18-15-14-16-19-23;/h14-16,18-19,22,24H,3-13,17,20-21H2,1-2H3;1H. The fourth-order valence-corrected chi connectivity index (χ4v) is 3.35. The average molecular weight is 368 g/mol. The normalized spacial score (nSPS) is 11.9. The van der Waals surface area contributed by atoms with Gasteiger partial charge in [-0.15, -0.1) is 12.4 Å². The predicted octanol–water partition coefficient (Wildman–Crippen LogP) is 7.33. The summed E-state index contributed by atoms with van der Waals surface area (Å²) in [7, 11) is 0. The largest absolute Gasteiger partial charge is 0.314 e. The van der Waals surface area contributed by atoms with Crippen LogP contribution in [0.1, 0.15) is 96.5 Å². The fourth-order valence-electron chi connectivity index (χ4n) is 3.35. The van der Waals surface area contributed by atoms with Crippen LogP contribution in [0.15, 0.2) is 30.3 Å². The first kappa shape index (κ1) is 24.5. The molecule has 25 heavy (non-hydrogen) atoms. The maximum Gasteiger partial charge on any atom is 0.00791 e. The third-order valence-electron chi connectivity index (χ3n) is 4.91. The minimum absolute atomic E-state index is 0. The molecule has 0 aliphatic heterocycles. The molecular formula is C23H42ClN. The highest BCUT2D eigenvalue weighted by Crippen LogP contribution is 2.11. The predicted molar refractivity (Wildman–Crippen MR) is 116 cm³/mol. The van der Waals surface area contributed by atoms with Crippen molar-refractivity contribution < 1.29 is 0 Å². The summed E-state index contributed by atoms with van der Waals surface area (Å²) in [5, 5.41) is 3.67. The van der Waals surface area contributed by atoms with Gasteiger partial charge in [0.1, 0.15) is 0 Å². The summed E-state index contributed by atoms with van der Waals surface area (Å²) in [6, 6.07) is 11.4. The first-order chi connectivity index (χ1) is 11.8. The van der Waals surface area contributed by atoms with Crippen molar-refractivity contribution in [3.8, 4) is 0 Å². The van der Waals surface area contributed by atoms with Crippen molar-refractivity contribution in [3.63, 3.8) is 0 Å². The topological polar surface area (TPSA) is 12.0 Å². The van der Waals surface area contributed by atoms with Gasteiger partial charge in [-0.1, -0.05) is 108 Å². The Hall–Kier alpha value is -0.530. The lowest BCUT2D eigenvalue weighted by Gasteiger charge is -2.13. The Kier molecular flexibility index (Phi) is 17.9. The zero-order chi connectivity index (χ0) is 17.3. The zero-order valence-electron chi connectivity index (χ0n) is 16.8. The van der Waals surface area contributed by atoms with Crippen LogP contribution in [0.2, 0.25) is 0 Å². The number of nitrogens with one attached hydrogen (secondary N) is 1. The number of benzene rings is 1. The van der Waals surface area contributed by atoms with Gasteiger partial charge in [0, 0.05) is 6.04 Å². The van der Waals surface area contributed by atoms with Crippen molar-refractivity contribution in [1.29, 1.82) is 0 Å². The number of rotatable bonds is 16. The van der Waals surface area contributed by atoms with Gasteiger partial charge < -0.3 is 5.32 Å². The first-order valence-electron chi connectivity index (χ1n) is 10.6. The second kappa shape index (κ2) is 18.3. The van der Waals surface area contributed by atoms with Crippen LogP contribution in [0, 0.1) is 0 Å². The van der Waals surface area contributed by atoms with Crippen LogP contribution in [-0.4, -0.2) is 12.6 Å². The molecule has 0 aliphatic carbocycles. The molecule has 0 radical (unpaired) electrons. The minimum Gasteiger partial charge on any atom is -0.314 e. The molecule has 0 saturated heterocycles. The Balaban J connectivity index is 0.00000576. The molecule has 2 heteroatoms. The van der Waals surface area contributed by atoms with Crippen molar-refractivity contribution in [2.75, 3.05) is 6.54 Å². The van der Waals surface area contributed by atoms with E-state index >= 15 is 0 Å². The highest BCUT2D eigenvalue weighted by molar-refractivity contribution is 5.85. The number of halogens is 1. The van der Waals surface area contributed by atoms with E-state index in [2.05, 4.69) is 49.5 Å². The van der Waals surface area contributed by atoms with Crippen molar-refractivity contribution in [3.05, 3.63) is 35.9 Å². The minimum atomic E-state index is 0. The van der Waals surface area contributed by atoms with E-state index in [0.29, 0.717) is 6.04 Å². The Bertz CT molecular complexity index is 366. The Morgan fingerprint density at radius 2 is 1.20 bits per heavy atom. The zero-order valence-corrected chi connectivity index (χ0v) is 17.6. The van der Waals surface area contributed by atoms with E-state index in [1.54, 1.807) is 0 Å². The molecule has 1 atom stereocenters. The third kappa shape index (κ3) is 15.4. The highest BCUT2D eigenvalue weighted by Gasteiger charge is 2.02. The van der Waals surface area contributed by atoms with Gasteiger partial charge in [-0.2, -0.15) is 0 Å². The molecule has 0 amide bonds. The van der Waals surface area contributed by atoms with Gasteiger partial charge in [-0.25, -0.2) is 0 Å². The van der Waals surface area contributed by atoms with Crippen molar-refractivity contribution in [2.24, 2.45) is 0 Å². The van der Waals surface area contributed by atoms with Crippen molar-refractivity contribution in [1.82, 2.24) is 5.32 Å². The van der Waals surface area contributed by atoms with Gasteiger partial charge in [0.2, 0.25) is 0 Å². The maximum atomic E-state index is 3.67. The molecule has 1 nitrogen and oxygen atoms in total. The molecule has 1 aromatic rings. The van der Waals surface area contributed by atoms with Crippen LogP contribution in [0.3, 0.4) is 0 Å². The Labute approximate surface area is 163 Å². The van der Waals surface area contributed by atoms with Crippen LogP contribution in [0.5, 0.6) is 0 Å². The van der Waals surface area contributed by atoms with Crippen LogP contribution in [0.25, 0.3) is 0 Å². The molecule has 1 rings (SSSR count). The summed E-state index contributed by atoms with van der Waals surface area (Å²) in [6.45, 7) is 5.76. The second-order valence-electron chi connectivity index (χ2n) is 7.43. The summed E-state index contributed by atoms with van der Waals surface area (Å²) >= 11 is 0. The monoisotopic (exact) mass is 367 g/mol. The van der Waals surface area contributed by atoms with Gasteiger partial charge in [0.05, 0.1) is 0 Å². The molecule has 0 aromatic heterocycles. The van der Waals surface area contributed by atoms with Crippen LogP contribution < -0.4 is 5.32 Å². The fraction of sp³-hybridized carbons (Fsp3) is 0.739. The third-order valence-corrected chi connectivity index (χ3v) is 4.91. The molecule has 0 fully saturated rings. The molecule has 1 unspecified atom stereocenters. The lowest BCUT2D eigenvalue weighted by Crippen LogP contribution is -2.28. The van der Waals surface area contributed by atoms with Crippen molar-refractivity contribution >= 4 is 12.4 Å². The summed E-state index contributed by atoms with van der Waals surface area (Å²) in [5.41, 5.74) is 1.44. The van der Waals surface area contributed by atoms with Crippen LogP contribution in [0.4, 0.5) is 0 Å².